The van der Waals surface area contributed by atoms with Crippen LogP contribution in [0, 0.1) is 0 Å². The Morgan fingerprint density at radius 2 is 0.731 bits per heavy atom. The molecule has 0 heterocycles. The minimum Gasteiger partial charge on any atom is -0.508 e. The molecule has 0 aliphatic rings. The molecule has 0 aliphatic heterocycles. The highest BCUT2D eigenvalue weighted by Gasteiger charge is 2.26. The average molecular weight is 354 g/mol. The number of hydrogen-bond acceptors (Lipinski definition) is 6. The third kappa shape index (κ3) is 3.39. The second kappa shape index (κ2) is 6.92. The highest BCUT2D eigenvalue weighted by atomic mass is 16.3. The van der Waals surface area contributed by atoms with Gasteiger partial charge < -0.3 is 10.2 Å². The minimum atomic E-state index is -0.449. The van der Waals surface area contributed by atoms with E-state index < -0.39 is 23.1 Å². The number of Topliss-reactive ketones (excluding diaryl/α,β-unsaturated/α-hetero) is 4. The maximum absolute atomic E-state index is 12.2. The number of rotatable bonds is 5. The predicted molar refractivity (Wildman–Crippen MR) is 95.2 cm³/mol. The zero-order valence-corrected chi connectivity index (χ0v) is 14.8. The van der Waals surface area contributed by atoms with Crippen molar-refractivity contribution in [1.82, 2.24) is 0 Å². The van der Waals surface area contributed by atoms with E-state index in [-0.39, 0.29) is 44.9 Å². The molecule has 0 bridgehead atoms. The molecule has 0 radical (unpaired) electrons. The Bertz CT molecular complexity index is 819. The highest BCUT2D eigenvalue weighted by Crippen LogP contribution is 2.38. The van der Waals surface area contributed by atoms with Crippen molar-refractivity contribution in [2.24, 2.45) is 0 Å². The molecule has 2 aromatic rings. The summed E-state index contributed by atoms with van der Waals surface area (Å²) in [6.07, 6.45) is 0. The van der Waals surface area contributed by atoms with Crippen molar-refractivity contribution >= 4 is 23.1 Å². The lowest BCUT2D eigenvalue weighted by atomic mass is 9.83. The first kappa shape index (κ1) is 19.1. The molecule has 134 valence electrons. The third-order valence-electron chi connectivity index (χ3n) is 4.01. The molecule has 0 aromatic heterocycles. The Morgan fingerprint density at radius 1 is 0.538 bits per heavy atom. The van der Waals surface area contributed by atoms with Crippen molar-refractivity contribution in [3.63, 3.8) is 0 Å². The summed E-state index contributed by atoms with van der Waals surface area (Å²) >= 11 is 0. The summed E-state index contributed by atoms with van der Waals surface area (Å²) in [6.45, 7) is 5.01. The van der Waals surface area contributed by atoms with Crippen molar-refractivity contribution in [2.75, 3.05) is 0 Å². The number of benzene rings is 2. The third-order valence-corrected chi connectivity index (χ3v) is 4.01. The van der Waals surface area contributed by atoms with Crippen molar-refractivity contribution in [2.45, 2.75) is 27.7 Å². The lowest BCUT2D eigenvalue weighted by molar-refractivity contribution is 0.0995. The molecule has 0 saturated carbocycles. The van der Waals surface area contributed by atoms with Gasteiger partial charge in [-0.1, -0.05) is 0 Å². The smallest absolute Gasteiger partial charge is 0.160 e. The van der Waals surface area contributed by atoms with E-state index in [0.717, 1.165) is 0 Å². The van der Waals surface area contributed by atoms with E-state index in [1.165, 1.54) is 52.0 Å². The van der Waals surface area contributed by atoms with E-state index in [1.807, 2.05) is 0 Å². The van der Waals surface area contributed by atoms with Crippen LogP contribution in [0.25, 0.3) is 11.1 Å². The van der Waals surface area contributed by atoms with Crippen molar-refractivity contribution in [1.29, 1.82) is 0 Å². The van der Waals surface area contributed by atoms with E-state index in [1.54, 1.807) is 0 Å². The number of phenols is 2. The summed E-state index contributed by atoms with van der Waals surface area (Å²) in [5.41, 5.74) is 0.213. The van der Waals surface area contributed by atoms with Crippen LogP contribution in [0.5, 0.6) is 11.5 Å². The molecule has 0 fully saturated rings. The van der Waals surface area contributed by atoms with Crippen LogP contribution in [0.15, 0.2) is 24.3 Å². The normalized spacial score (nSPS) is 10.5. The van der Waals surface area contributed by atoms with E-state index >= 15 is 0 Å². The predicted octanol–water partition coefficient (Wildman–Crippen LogP) is 3.58. The molecular weight excluding hydrogens is 336 g/mol. The fourth-order valence-electron chi connectivity index (χ4n) is 2.90. The highest BCUT2D eigenvalue weighted by molar-refractivity contribution is 6.17. The molecule has 6 heteroatoms. The Morgan fingerprint density at radius 3 is 0.885 bits per heavy atom. The van der Waals surface area contributed by atoms with Gasteiger partial charge in [-0.05, 0) is 52.0 Å². The van der Waals surface area contributed by atoms with Gasteiger partial charge in [0, 0.05) is 33.4 Å². The van der Waals surface area contributed by atoms with Crippen LogP contribution in [0.1, 0.15) is 69.1 Å². The molecule has 0 atom stereocenters. The number of carbonyl (C=O) groups is 4. The molecule has 0 unspecified atom stereocenters. The van der Waals surface area contributed by atoms with E-state index in [0.29, 0.717) is 0 Å². The SMILES string of the molecule is CC(=O)c1cc(O)cc(C(C)=O)c1-c1c(C(C)=O)cc(O)cc1C(C)=O. The first-order valence-corrected chi connectivity index (χ1v) is 7.82. The van der Waals surface area contributed by atoms with Crippen LogP contribution < -0.4 is 0 Å². The molecule has 26 heavy (non-hydrogen) atoms. The maximum atomic E-state index is 12.2. The van der Waals surface area contributed by atoms with Gasteiger partial charge in [0.15, 0.2) is 23.1 Å². The monoisotopic (exact) mass is 354 g/mol. The number of aromatic hydroxyl groups is 2. The van der Waals surface area contributed by atoms with Crippen LogP contribution in [-0.2, 0) is 0 Å². The van der Waals surface area contributed by atoms with Crippen LogP contribution in [0.2, 0.25) is 0 Å². The number of phenolic OH excluding ortho intramolecular Hbond substituents is 2. The minimum absolute atomic E-state index is 0.00545. The first-order chi connectivity index (χ1) is 12.0. The van der Waals surface area contributed by atoms with Gasteiger partial charge in [-0.3, -0.25) is 19.2 Å². The van der Waals surface area contributed by atoms with Gasteiger partial charge in [-0.25, -0.2) is 0 Å². The Hall–Kier alpha value is -3.28. The molecule has 2 rings (SSSR count). The standard InChI is InChI=1S/C20H18O6/c1-9(21)15-5-13(25)6-16(10(2)22)19(15)20-17(11(3)23)7-14(26)8-18(20)12(4)24/h5-8,25-26H,1-4H3. The molecule has 0 spiro atoms. The molecule has 6 nitrogen and oxygen atoms in total. The zero-order valence-electron chi connectivity index (χ0n) is 14.8. The van der Waals surface area contributed by atoms with Crippen LogP contribution >= 0.6 is 0 Å². The van der Waals surface area contributed by atoms with Gasteiger partial charge in [-0.15, -0.1) is 0 Å². The summed E-state index contributed by atoms with van der Waals surface area (Å²) in [6, 6.07) is 4.74. The van der Waals surface area contributed by atoms with Crippen molar-refractivity contribution in [3.8, 4) is 22.6 Å². The molecule has 0 saturated heterocycles. The molecule has 0 aliphatic carbocycles. The van der Waals surface area contributed by atoms with Gasteiger partial charge in [0.1, 0.15) is 11.5 Å². The second-order valence-electron chi connectivity index (χ2n) is 6.06. The van der Waals surface area contributed by atoms with Crippen LogP contribution in [0.3, 0.4) is 0 Å². The van der Waals surface area contributed by atoms with Gasteiger partial charge >= 0.3 is 0 Å². The van der Waals surface area contributed by atoms with Gasteiger partial charge in [0.25, 0.3) is 0 Å². The lowest BCUT2D eigenvalue weighted by Crippen LogP contribution is -2.10. The van der Waals surface area contributed by atoms with Gasteiger partial charge in [0.05, 0.1) is 0 Å². The van der Waals surface area contributed by atoms with E-state index in [2.05, 4.69) is 0 Å². The number of carbonyl (C=O) groups excluding carboxylic acids is 4. The first-order valence-electron chi connectivity index (χ1n) is 7.82. The summed E-state index contributed by atoms with van der Waals surface area (Å²) in [5, 5.41) is 19.8. The molecule has 0 amide bonds. The number of ketones is 4. The zero-order chi connectivity index (χ0) is 19.8. The Balaban J connectivity index is 3.14. The quantitative estimate of drug-likeness (QED) is 0.795. The Labute approximate surface area is 150 Å². The summed E-state index contributed by atoms with van der Waals surface area (Å²) in [7, 11) is 0. The fraction of sp³-hybridized carbons (Fsp3) is 0.200. The second-order valence-corrected chi connectivity index (χ2v) is 6.06. The van der Waals surface area contributed by atoms with Crippen molar-refractivity contribution < 1.29 is 29.4 Å². The lowest BCUT2D eigenvalue weighted by Gasteiger charge is -2.18. The van der Waals surface area contributed by atoms with Gasteiger partial charge in [-0.2, -0.15) is 0 Å². The molecule has 2 aromatic carbocycles. The average Bonchev–Trinajstić information content (AvgIpc) is 2.53. The van der Waals surface area contributed by atoms with Crippen LogP contribution in [-0.4, -0.2) is 33.3 Å². The summed E-state index contributed by atoms with van der Waals surface area (Å²) < 4.78 is 0. The fourth-order valence-corrected chi connectivity index (χ4v) is 2.90. The largest absolute Gasteiger partial charge is 0.508 e. The Kier molecular flexibility index (Phi) is 5.07. The summed E-state index contributed by atoms with van der Waals surface area (Å²) in [4.78, 5) is 48.6. The molecule has 2 N–H and O–H groups in total. The topological polar surface area (TPSA) is 109 Å². The van der Waals surface area contributed by atoms with Gasteiger partial charge in [0.2, 0.25) is 0 Å². The van der Waals surface area contributed by atoms with E-state index in [9.17, 15) is 29.4 Å². The summed E-state index contributed by atoms with van der Waals surface area (Å²) in [5.74, 6) is -2.36. The van der Waals surface area contributed by atoms with E-state index in [4.69, 9.17) is 0 Å². The number of hydrogen-bond donors (Lipinski definition) is 2. The maximum Gasteiger partial charge on any atom is 0.160 e. The molecular formula is C20H18O6. The van der Waals surface area contributed by atoms with Crippen LogP contribution in [0.4, 0.5) is 0 Å². The van der Waals surface area contributed by atoms with Crippen molar-refractivity contribution in [3.05, 3.63) is 46.5 Å².